The molecule has 2 fully saturated rings. The lowest BCUT2D eigenvalue weighted by Crippen LogP contribution is -2.54. The monoisotopic (exact) mass is 443 g/mol. The van der Waals surface area contributed by atoms with Crippen LogP contribution in [0, 0.1) is 0 Å². The zero-order valence-corrected chi connectivity index (χ0v) is 18.2. The maximum absolute atomic E-state index is 13.1. The van der Waals surface area contributed by atoms with Crippen molar-refractivity contribution in [1.82, 2.24) is 20.4 Å². The molecule has 4 rings (SSSR count). The Kier molecular flexibility index (Phi) is 6.83. The predicted octanol–water partition coefficient (Wildman–Crippen LogP) is -0.190. The van der Waals surface area contributed by atoms with Gasteiger partial charge < -0.3 is 15.4 Å². The van der Waals surface area contributed by atoms with Crippen molar-refractivity contribution >= 4 is 29.3 Å². The molecule has 4 amide bonds. The lowest BCUT2D eigenvalue weighted by atomic mass is 10.0. The summed E-state index contributed by atoms with van der Waals surface area (Å²) in [6, 6.07) is 4.11. The molecule has 1 aromatic rings. The first-order valence-electron chi connectivity index (χ1n) is 11.1. The number of carbonyl (C=O) groups is 4. The van der Waals surface area contributed by atoms with Crippen LogP contribution in [0.25, 0.3) is 0 Å². The maximum atomic E-state index is 13.1. The lowest BCUT2D eigenvalue weighted by Gasteiger charge is -2.33. The Labute approximate surface area is 186 Å². The molecule has 1 unspecified atom stereocenters. The number of anilines is 1. The number of morpholine rings is 1. The van der Waals surface area contributed by atoms with E-state index in [-0.39, 0.29) is 36.0 Å². The zero-order valence-electron chi connectivity index (χ0n) is 18.2. The quantitative estimate of drug-likeness (QED) is 0.473. The highest BCUT2D eigenvalue weighted by Gasteiger charge is 2.45. The van der Waals surface area contributed by atoms with Crippen molar-refractivity contribution in [3.63, 3.8) is 0 Å². The highest BCUT2D eigenvalue weighted by molar-refractivity contribution is 6.25. The number of likely N-dealkylation sites (N-methyl/N-ethyl adjacent to an activating group) is 1. The van der Waals surface area contributed by atoms with Crippen molar-refractivity contribution < 1.29 is 23.9 Å². The standard InChI is InChI=1S/C22H29N5O5/c1-23-9-10-26-11-12-32-14(13-26)7-8-24-16-4-2-3-15-19(16)22(31)27(21(15)30)17-5-6-18(28)25-20(17)29/h2-4,14,17,23-24H,5-13H2,1H3,(H,25,28,29)/t14-,17?/m1/s1. The van der Waals surface area contributed by atoms with Gasteiger partial charge in [-0.1, -0.05) is 6.07 Å². The molecule has 10 nitrogen and oxygen atoms in total. The fraction of sp³-hybridized carbons (Fsp3) is 0.545. The maximum Gasteiger partial charge on any atom is 0.264 e. The number of nitrogens with one attached hydrogen (secondary N) is 3. The molecule has 32 heavy (non-hydrogen) atoms. The summed E-state index contributed by atoms with van der Waals surface area (Å²) in [7, 11) is 1.94. The van der Waals surface area contributed by atoms with Crippen molar-refractivity contribution in [3.8, 4) is 0 Å². The molecule has 0 aromatic heterocycles. The molecular weight excluding hydrogens is 414 g/mol. The van der Waals surface area contributed by atoms with E-state index < -0.39 is 23.8 Å². The minimum absolute atomic E-state index is 0.0989. The van der Waals surface area contributed by atoms with Crippen molar-refractivity contribution in [2.75, 3.05) is 51.7 Å². The Balaban J connectivity index is 1.40. The molecule has 0 saturated carbocycles. The summed E-state index contributed by atoms with van der Waals surface area (Å²) in [5.74, 6) is -2.00. The second-order valence-corrected chi connectivity index (χ2v) is 8.29. The van der Waals surface area contributed by atoms with E-state index in [1.54, 1.807) is 18.2 Å². The van der Waals surface area contributed by atoms with Gasteiger partial charge in [0.05, 0.1) is 23.8 Å². The molecule has 2 saturated heterocycles. The van der Waals surface area contributed by atoms with E-state index in [2.05, 4.69) is 20.9 Å². The second kappa shape index (κ2) is 9.76. The van der Waals surface area contributed by atoms with Gasteiger partial charge in [-0.05, 0) is 32.0 Å². The van der Waals surface area contributed by atoms with Crippen molar-refractivity contribution in [3.05, 3.63) is 29.3 Å². The largest absolute Gasteiger partial charge is 0.384 e. The van der Waals surface area contributed by atoms with Crippen LogP contribution in [-0.4, -0.2) is 92.0 Å². The molecule has 2 atom stereocenters. The topological polar surface area (TPSA) is 120 Å². The fourth-order valence-corrected chi connectivity index (χ4v) is 4.46. The number of hydrogen-bond donors (Lipinski definition) is 3. The smallest absolute Gasteiger partial charge is 0.264 e. The van der Waals surface area contributed by atoms with E-state index in [1.807, 2.05) is 7.05 Å². The van der Waals surface area contributed by atoms with Crippen LogP contribution in [0.1, 0.15) is 40.0 Å². The van der Waals surface area contributed by atoms with Crippen molar-refractivity contribution in [2.24, 2.45) is 0 Å². The van der Waals surface area contributed by atoms with Crippen molar-refractivity contribution in [1.29, 1.82) is 0 Å². The summed E-state index contributed by atoms with van der Waals surface area (Å²) < 4.78 is 5.87. The van der Waals surface area contributed by atoms with Gasteiger partial charge >= 0.3 is 0 Å². The Hall–Kier alpha value is -2.82. The molecule has 0 spiro atoms. The van der Waals surface area contributed by atoms with E-state index in [4.69, 9.17) is 4.74 Å². The Morgan fingerprint density at radius 3 is 2.78 bits per heavy atom. The van der Waals surface area contributed by atoms with Gasteiger partial charge in [0.15, 0.2) is 0 Å². The number of carbonyl (C=O) groups excluding carboxylic acids is 4. The van der Waals surface area contributed by atoms with Gasteiger partial charge in [-0.3, -0.25) is 34.3 Å². The summed E-state index contributed by atoms with van der Waals surface area (Å²) in [6.07, 6.45) is 1.10. The van der Waals surface area contributed by atoms with Gasteiger partial charge in [0.1, 0.15) is 6.04 Å². The number of fused-ring (bicyclic) bond motifs is 1. The number of piperidine rings is 1. The normalized spacial score (nSPS) is 24.0. The summed E-state index contributed by atoms with van der Waals surface area (Å²) in [4.78, 5) is 53.1. The SMILES string of the molecule is CNCCN1CCO[C@H](CCNc2cccc3c2C(=O)N(C2CCC(=O)NC2=O)C3=O)C1. The van der Waals surface area contributed by atoms with E-state index >= 15 is 0 Å². The van der Waals surface area contributed by atoms with Gasteiger partial charge in [-0.2, -0.15) is 0 Å². The van der Waals surface area contributed by atoms with Crippen LogP contribution in [0.2, 0.25) is 0 Å². The van der Waals surface area contributed by atoms with Gasteiger partial charge in [-0.15, -0.1) is 0 Å². The van der Waals surface area contributed by atoms with Crippen LogP contribution in [0.5, 0.6) is 0 Å². The Bertz CT molecular complexity index is 920. The summed E-state index contributed by atoms with van der Waals surface area (Å²) in [6.45, 7) is 4.97. The Morgan fingerprint density at radius 1 is 1.16 bits per heavy atom. The predicted molar refractivity (Wildman–Crippen MR) is 116 cm³/mol. The zero-order chi connectivity index (χ0) is 22.7. The first-order chi connectivity index (χ1) is 15.5. The number of amides is 4. The van der Waals surface area contributed by atoms with Crippen LogP contribution in [0.15, 0.2) is 18.2 Å². The molecule has 3 heterocycles. The molecule has 3 aliphatic rings. The fourth-order valence-electron chi connectivity index (χ4n) is 4.46. The molecule has 3 N–H and O–H groups in total. The van der Waals surface area contributed by atoms with Crippen LogP contribution >= 0.6 is 0 Å². The highest BCUT2D eigenvalue weighted by Crippen LogP contribution is 2.32. The molecule has 0 bridgehead atoms. The van der Waals surface area contributed by atoms with Crippen molar-refractivity contribution in [2.45, 2.75) is 31.4 Å². The number of rotatable bonds is 8. The first kappa shape index (κ1) is 22.4. The average Bonchev–Trinajstić information content (AvgIpc) is 3.04. The summed E-state index contributed by atoms with van der Waals surface area (Å²) >= 11 is 0. The van der Waals surface area contributed by atoms with Crippen LogP contribution < -0.4 is 16.0 Å². The molecule has 1 aromatic carbocycles. The van der Waals surface area contributed by atoms with Crippen LogP contribution in [0.4, 0.5) is 5.69 Å². The Morgan fingerprint density at radius 2 is 2.00 bits per heavy atom. The number of benzene rings is 1. The number of imide groups is 2. The molecule has 0 aliphatic carbocycles. The second-order valence-electron chi connectivity index (χ2n) is 8.29. The minimum atomic E-state index is -0.966. The van der Waals surface area contributed by atoms with E-state index in [0.717, 1.165) is 37.5 Å². The minimum Gasteiger partial charge on any atom is -0.384 e. The molecule has 0 radical (unpaired) electrons. The molecule has 172 valence electrons. The third-order valence-electron chi connectivity index (χ3n) is 6.15. The lowest BCUT2D eigenvalue weighted by molar-refractivity contribution is -0.136. The van der Waals surface area contributed by atoms with E-state index in [9.17, 15) is 19.2 Å². The number of nitrogens with zero attached hydrogens (tertiary/aromatic N) is 2. The molecular formula is C22H29N5O5. The third kappa shape index (κ3) is 4.52. The van der Waals surface area contributed by atoms with Crippen LogP contribution in [0.3, 0.4) is 0 Å². The average molecular weight is 444 g/mol. The third-order valence-corrected chi connectivity index (χ3v) is 6.15. The number of hydrogen-bond acceptors (Lipinski definition) is 8. The van der Waals surface area contributed by atoms with Gasteiger partial charge in [0.25, 0.3) is 11.8 Å². The van der Waals surface area contributed by atoms with Gasteiger partial charge in [0.2, 0.25) is 11.8 Å². The van der Waals surface area contributed by atoms with Crippen LogP contribution in [-0.2, 0) is 14.3 Å². The summed E-state index contributed by atoms with van der Waals surface area (Å²) in [5.41, 5.74) is 1.12. The number of ether oxygens (including phenoxy) is 1. The molecule has 10 heteroatoms. The highest BCUT2D eigenvalue weighted by atomic mass is 16.5. The first-order valence-corrected chi connectivity index (χ1v) is 11.1. The summed E-state index contributed by atoms with van der Waals surface area (Å²) in [5, 5.41) is 8.65. The van der Waals surface area contributed by atoms with Gasteiger partial charge in [-0.25, -0.2) is 0 Å². The van der Waals surface area contributed by atoms with E-state index in [1.165, 1.54) is 0 Å². The van der Waals surface area contributed by atoms with Gasteiger partial charge in [0, 0.05) is 44.8 Å². The van der Waals surface area contributed by atoms with E-state index in [0.29, 0.717) is 18.8 Å². The molecule has 3 aliphatic heterocycles.